The second-order valence-electron chi connectivity index (χ2n) is 6.17. The standard InChI is InChI=1S/C19H23Cl2N3O2S/c1-3-8-24(11-18(25)22-10-15-6-4-13(2)27-15)12-19(26)23-17-7-5-14(20)9-16(17)21/h4-7,9H,3,8,10-12H2,1-2H3,(H,22,25)(H,23,26). The van der Waals surface area contributed by atoms with Gasteiger partial charge in [0, 0.05) is 14.8 Å². The number of hydrogen-bond donors (Lipinski definition) is 2. The molecule has 8 heteroatoms. The van der Waals surface area contributed by atoms with Crippen molar-refractivity contribution in [1.82, 2.24) is 10.2 Å². The Morgan fingerprint density at radius 1 is 1.11 bits per heavy atom. The van der Waals surface area contributed by atoms with Crippen LogP contribution in [0.25, 0.3) is 0 Å². The average molecular weight is 428 g/mol. The summed E-state index contributed by atoms with van der Waals surface area (Å²) in [6, 6.07) is 8.92. The maximum atomic E-state index is 12.3. The fourth-order valence-electron chi connectivity index (χ4n) is 2.54. The second kappa shape index (κ2) is 10.7. The lowest BCUT2D eigenvalue weighted by Crippen LogP contribution is -2.41. The molecule has 0 spiro atoms. The number of halogens is 2. The third kappa shape index (κ3) is 7.50. The number of thiophene rings is 1. The molecular weight excluding hydrogens is 405 g/mol. The lowest BCUT2D eigenvalue weighted by atomic mass is 10.3. The molecule has 0 aliphatic carbocycles. The Bertz CT molecular complexity index is 795. The van der Waals surface area contributed by atoms with Crippen molar-refractivity contribution < 1.29 is 9.59 Å². The van der Waals surface area contributed by atoms with Crippen LogP contribution in [0.3, 0.4) is 0 Å². The van der Waals surface area contributed by atoms with Gasteiger partial charge in [-0.15, -0.1) is 11.3 Å². The Morgan fingerprint density at radius 3 is 2.48 bits per heavy atom. The van der Waals surface area contributed by atoms with Crippen molar-refractivity contribution in [2.75, 3.05) is 25.0 Å². The highest BCUT2D eigenvalue weighted by molar-refractivity contribution is 7.11. The van der Waals surface area contributed by atoms with Gasteiger partial charge in [-0.25, -0.2) is 0 Å². The van der Waals surface area contributed by atoms with E-state index in [-0.39, 0.29) is 24.9 Å². The number of carbonyl (C=O) groups is 2. The van der Waals surface area contributed by atoms with Crippen LogP contribution in [-0.4, -0.2) is 36.3 Å². The van der Waals surface area contributed by atoms with Gasteiger partial charge in [0.05, 0.1) is 30.3 Å². The summed E-state index contributed by atoms with van der Waals surface area (Å²) in [5.41, 5.74) is 0.500. The number of benzene rings is 1. The minimum atomic E-state index is -0.227. The van der Waals surface area contributed by atoms with Gasteiger partial charge in [0.25, 0.3) is 0 Å². The molecule has 2 N–H and O–H groups in total. The zero-order valence-electron chi connectivity index (χ0n) is 15.4. The zero-order valence-corrected chi connectivity index (χ0v) is 17.7. The number of anilines is 1. The first-order valence-corrected chi connectivity index (χ1v) is 10.2. The fourth-order valence-corrected chi connectivity index (χ4v) is 3.82. The van der Waals surface area contributed by atoms with E-state index in [1.807, 2.05) is 30.9 Å². The largest absolute Gasteiger partial charge is 0.350 e. The molecule has 0 unspecified atom stereocenters. The van der Waals surface area contributed by atoms with Crippen LogP contribution in [0.1, 0.15) is 23.1 Å². The van der Waals surface area contributed by atoms with E-state index in [2.05, 4.69) is 10.6 Å². The van der Waals surface area contributed by atoms with E-state index in [1.54, 1.807) is 29.5 Å². The first-order valence-electron chi connectivity index (χ1n) is 8.66. The Labute approximate surface area is 173 Å². The molecule has 0 aliphatic rings. The monoisotopic (exact) mass is 427 g/mol. The Balaban J connectivity index is 1.85. The maximum Gasteiger partial charge on any atom is 0.238 e. The maximum absolute atomic E-state index is 12.3. The highest BCUT2D eigenvalue weighted by Gasteiger charge is 2.15. The summed E-state index contributed by atoms with van der Waals surface area (Å²) < 4.78 is 0. The molecule has 0 saturated carbocycles. The van der Waals surface area contributed by atoms with Crippen molar-refractivity contribution in [2.45, 2.75) is 26.8 Å². The van der Waals surface area contributed by atoms with E-state index in [0.29, 0.717) is 28.8 Å². The van der Waals surface area contributed by atoms with Crippen LogP contribution in [0.2, 0.25) is 10.0 Å². The summed E-state index contributed by atoms with van der Waals surface area (Å²) in [7, 11) is 0. The number of nitrogens with one attached hydrogen (secondary N) is 2. The SMILES string of the molecule is CCCN(CC(=O)NCc1ccc(C)s1)CC(=O)Nc1ccc(Cl)cc1Cl. The molecule has 1 aromatic carbocycles. The Hall–Kier alpha value is -1.60. The molecular formula is C19H23Cl2N3O2S. The second-order valence-corrected chi connectivity index (χ2v) is 8.39. The van der Waals surface area contributed by atoms with Crippen LogP contribution in [0.5, 0.6) is 0 Å². The first kappa shape index (κ1) is 21.7. The Kier molecular flexibility index (Phi) is 8.57. The molecule has 0 radical (unpaired) electrons. The molecule has 2 amide bonds. The van der Waals surface area contributed by atoms with Gasteiger partial charge >= 0.3 is 0 Å². The van der Waals surface area contributed by atoms with Crippen molar-refractivity contribution in [1.29, 1.82) is 0 Å². The minimum Gasteiger partial charge on any atom is -0.350 e. The molecule has 5 nitrogen and oxygen atoms in total. The summed E-state index contributed by atoms with van der Waals surface area (Å²) in [5, 5.41) is 6.54. The highest BCUT2D eigenvalue weighted by Crippen LogP contribution is 2.25. The van der Waals surface area contributed by atoms with Crippen molar-refractivity contribution in [3.8, 4) is 0 Å². The molecule has 0 bridgehead atoms. The van der Waals surface area contributed by atoms with Gasteiger partial charge in [-0.3, -0.25) is 14.5 Å². The summed E-state index contributed by atoms with van der Waals surface area (Å²) in [4.78, 5) is 28.7. The van der Waals surface area contributed by atoms with Crippen molar-refractivity contribution in [3.63, 3.8) is 0 Å². The topological polar surface area (TPSA) is 61.4 Å². The summed E-state index contributed by atoms with van der Waals surface area (Å²) >= 11 is 13.6. The van der Waals surface area contributed by atoms with Crippen LogP contribution in [0.4, 0.5) is 5.69 Å². The van der Waals surface area contributed by atoms with Gasteiger partial charge in [-0.1, -0.05) is 30.1 Å². The van der Waals surface area contributed by atoms with Crippen molar-refractivity contribution in [2.24, 2.45) is 0 Å². The quantitative estimate of drug-likeness (QED) is 0.625. The molecule has 0 atom stereocenters. The van der Waals surface area contributed by atoms with Gasteiger partial charge in [-0.05, 0) is 50.2 Å². The summed E-state index contributed by atoms with van der Waals surface area (Å²) in [6.45, 7) is 5.47. The van der Waals surface area contributed by atoms with Crippen LogP contribution in [0.15, 0.2) is 30.3 Å². The normalized spacial score (nSPS) is 10.9. The molecule has 1 heterocycles. The molecule has 0 aliphatic heterocycles. The van der Waals surface area contributed by atoms with E-state index < -0.39 is 0 Å². The third-order valence-corrected chi connectivity index (χ3v) is 5.28. The van der Waals surface area contributed by atoms with Gasteiger partial charge in [-0.2, -0.15) is 0 Å². The van der Waals surface area contributed by atoms with E-state index in [0.717, 1.165) is 11.3 Å². The third-order valence-electron chi connectivity index (χ3n) is 3.74. The molecule has 1 aromatic heterocycles. The van der Waals surface area contributed by atoms with Crippen LogP contribution < -0.4 is 10.6 Å². The van der Waals surface area contributed by atoms with Gasteiger partial charge in [0.1, 0.15) is 0 Å². The van der Waals surface area contributed by atoms with Crippen LogP contribution in [-0.2, 0) is 16.1 Å². The smallest absolute Gasteiger partial charge is 0.238 e. The van der Waals surface area contributed by atoms with E-state index in [1.165, 1.54) is 4.88 Å². The molecule has 0 saturated heterocycles. The van der Waals surface area contributed by atoms with E-state index in [4.69, 9.17) is 23.2 Å². The molecule has 2 rings (SSSR count). The number of rotatable bonds is 9. The van der Waals surface area contributed by atoms with Crippen molar-refractivity contribution in [3.05, 3.63) is 50.1 Å². The molecule has 146 valence electrons. The lowest BCUT2D eigenvalue weighted by Gasteiger charge is -2.20. The highest BCUT2D eigenvalue weighted by atomic mass is 35.5. The number of aryl methyl sites for hydroxylation is 1. The predicted molar refractivity (Wildman–Crippen MR) is 113 cm³/mol. The fraction of sp³-hybridized carbons (Fsp3) is 0.368. The lowest BCUT2D eigenvalue weighted by molar-refractivity contribution is -0.123. The van der Waals surface area contributed by atoms with E-state index >= 15 is 0 Å². The van der Waals surface area contributed by atoms with Crippen LogP contribution in [0, 0.1) is 6.92 Å². The molecule has 27 heavy (non-hydrogen) atoms. The average Bonchev–Trinajstić information content (AvgIpc) is 3.01. The minimum absolute atomic E-state index is 0.105. The molecule has 2 aromatic rings. The molecule has 0 fully saturated rings. The first-order chi connectivity index (χ1) is 12.9. The summed E-state index contributed by atoms with van der Waals surface area (Å²) in [5.74, 6) is -0.332. The van der Waals surface area contributed by atoms with Gasteiger partial charge in [0.2, 0.25) is 11.8 Å². The number of carbonyl (C=O) groups excluding carboxylic acids is 2. The number of nitrogens with zero attached hydrogens (tertiary/aromatic N) is 1. The van der Waals surface area contributed by atoms with E-state index in [9.17, 15) is 9.59 Å². The number of amides is 2. The van der Waals surface area contributed by atoms with Crippen LogP contribution >= 0.6 is 34.5 Å². The predicted octanol–water partition coefficient (Wildman–Crippen LogP) is 4.33. The number of hydrogen-bond acceptors (Lipinski definition) is 4. The van der Waals surface area contributed by atoms with Crippen molar-refractivity contribution >= 4 is 52.0 Å². The Morgan fingerprint density at radius 2 is 1.85 bits per heavy atom. The zero-order chi connectivity index (χ0) is 19.8. The summed E-state index contributed by atoms with van der Waals surface area (Å²) in [6.07, 6.45) is 0.840. The van der Waals surface area contributed by atoms with Gasteiger partial charge < -0.3 is 10.6 Å². The van der Waals surface area contributed by atoms with Gasteiger partial charge in [0.15, 0.2) is 0 Å².